The highest BCUT2D eigenvalue weighted by atomic mass is 16.5. The molecule has 0 aliphatic rings. The zero-order chi connectivity index (χ0) is 27.2. The number of esters is 1. The van der Waals surface area contributed by atoms with Gasteiger partial charge in [0, 0.05) is 30.5 Å². The number of phenols is 2. The lowest BCUT2D eigenvalue weighted by Gasteiger charge is -2.20. The number of phenolic OH excluding ortho intramolecular Hbond substituents is 2. The van der Waals surface area contributed by atoms with Crippen LogP contribution in [0.4, 0.5) is 0 Å². The van der Waals surface area contributed by atoms with Crippen LogP contribution in [0.1, 0.15) is 102 Å². The van der Waals surface area contributed by atoms with Gasteiger partial charge in [0.1, 0.15) is 23.2 Å². The molecular formula is C29H38O7. The number of fused-ring (bicyclic) bond motifs is 1. The number of Topliss-reactive ketones (excluding diaryl/α,β-unsaturated/α-hetero) is 1. The van der Waals surface area contributed by atoms with Crippen LogP contribution in [0.2, 0.25) is 0 Å². The second-order valence-corrected chi connectivity index (χ2v) is 9.88. The van der Waals surface area contributed by atoms with Crippen LogP contribution in [-0.2, 0) is 16.0 Å². The van der Waals surface area contributed by atoms with Gasteiger partial charge in [-0.2, -0.15) is 0 Å². The lowest BCUT2D eigenvalue weighted by molar-refractivity contribution is -0.146. The van der Waals surface area contributed by atoms with Crippen molar-refractivity contribution in [2.24, 2.45) is 5.92 Å². The maximum absolute atomic E-state index is 13.2. The number of carbonyl (C=O) groups is 2. The molecule has 7 nitrogen and oxygen atoms in total. The van der Waals surface area contributed by atoms with E-state index >= 15 is 0 Å². The fourth-order valence-electron chi connectivity index (χ4n) is 4.17. The fourth-order valence-corrected chi connectivity index (χ4v) is 4.17. The van der Waals surface area contributed by atoms with Gasteiger partial charge in [-0.25, -0.2) is 4.79 Å². The molecule has 2 aromatic rings. The van der Waals surface area contributed by atoms with E-state index in [2.05, 4.69) is 6.08 Å². The molecule has 0 spiro atoms. The van der Waals surface area contributed by atoms with Crippen LogP contribution >= 0.6 is 0 Å². The second-order valence-electron chi connectivity index (χ2n) is 9.88. The van der Waals surface area contributed by atoms with E-state index in [4.69, 9.17) is 9.15 Å². The molecule has 1 aromatic heterocycles. The first-order valence-electron chi connectivity index (χ1n) is 12.4. The van der Waals surface area contributed by atoms with E-state index in [1.807, 2.05) is 40.7 Å². The molecule has 0 fully saturated rings. The van der Waals surface area contributed by atoms with Gasteiger partial charge < -0.3 is 19.4 Å². The summed E-state index contributed by atoms with van der Waals surface area (Å²) in [7, 11) is 0. The minimum Gasteiger partial charge on any atom is -0.507 e. The lowest BCUT2D eigenvalue weighted by atomic mass is 9.91. The predicted molar refractivity (Wildman–Crippen MR) is 141 cm³/mol. The Morgan fingerprint density at radius 1 is 1.08 bits per heavy atom. The first kappa shape index (κ1) is 28.9. The van der Waals surface area contributed by atoms with Crippen LogP contribution in [0, 0.1) is 5.92 Å². The molecule has 0 aliphatic heterocycles. The molecule has 0 saturated carbocycles. The van der Waals surface area contributed by atoms with E-state index in [1.54, 1.807) is 6.92 Å². The van der Waals surface area contributed by atoms with E-state index in [9.17, 15) is 24.6 Å². The number of hydrogen-bond donors (Lipinski definition) is 2. The first-order valence-corrected chi connectivity index (χ1v) is 12.4. The van der Waals surface area contributed by atoms with Crippen molar-refractivity contribution in [3.8, 4) is 11.5 Å². The Morgan fingerprint density at radius 2 is 1.75 bits per heavy atom. The lowest BCUT2D eigenvalue weighted by Crippen LogP contribution is -2.14. The molecule has 0 aliphatic carbocycles. The Bertz CT molecular complexity index is 1240. The van der Waals surface area contributed by atoms with Crippen molar-refractivity contribution in [2.75, 3.05) is 0 Å². The highest BCUT2D eigenvalue weighted by molar-refractivity contribution is 6.11. The monoisotopic (exact) mass is 498 g/mol. The average molecular weight is 499 g/mol. The third-order valence-corrected chi connectivity index (χ3v) is 5.91. The van der Waals surface area contributed by atoms with E-state index in [1.165, 1.54) is 12.5 Å². The van der Waals surface area contributed by atoms with Crippen LogP contribution < -0.4 is 5.63 Å². The van der Waals surface area contributed by atoms with Gasteiger partial charge >= 0.3 is 11.6 Å². The normalized spacial score (nSPS) is 12.6. The molecule has 0 bridgehead atoms. The summed E-state index contributed by atoms with van der Waals surface area (Å²) in [6.45, 7) is 12.8. The van der Waals surface area contributed by atoms with Crippen molar-refractivity contribution in [1.82, 2.24) is 0 Å². The van der Waals surface area contributed by atoms with Crippen LogP contribution in [0.3, 0.4) is 0 Å². The summed E-state index contributed by atoms with van der Waals surface area (Å²) in [5, 5.41) is 22.6. The van der Waals surface area contributed by atoms with E-state index in [-0.39, 0.29) is 52.2 Å². The summed E-state index contributed by atoms with van der Waals surface area (Å²) in [6, 6.07) is 1.16. The molecule has 1 heterocycles. The maximum Gasteiger partial charge on any atom is 0.336 e. The Balaban J connectivity index is 2.82. The second kappa shape index (κ2) is 12.6. The number of carbonyl (C=O) groups excluding carboxylic acids is 2. The van der Waals surface area contributed by atoms with Gasteiger partial charge in [-0.1, -0.05) is 44.1 Å². The molecule has 196 valence electrons. The third kappa shape index (κ3) is 7.09. The third-order valence-electron chi connectivity index (χ3n) is 5.91. The maximum atomic E-state index is 13.2. The van der Waals surface area contributed by atoms with Crippen molar-refractivity contribution in [1.29, 1.82) is 0 Å². The molecule has 0 amide bonds. The van der Waals surface area contributed by atoms with Crippen molar-refractivity contribution in [2.45, 2.75) is 86.7 Å². The summed E-state index contributed by atoms with van der Waals surface area (Å²) in [6.07, 6.45) is 5.48. The SMILES string of the molecule is CCC(OC(C)=O)c1cc(=O)oc2c(C(=O)CC(C)C)c(O)c(CC=C(C)CCC=C(C)C)c(O)c12. The number of ketones is 1. The summed E-state index contributed by atoms with van der Waals surface area (Å²) < 4.78 is 10.8. The minimum atomic E-state index is -0.841. The van der Waals surface area contributed by atoms with Gasteiger partial charge in [0.15, 0.2) is 11.4 Å². The summed E-state index contributed by atoms with van der Waals surface area (Å²) >= 11 is 0. The number of allylic oxidation sites excluding steroid dienone is 4. The van der Waals surface area contributed by atoms with Crippen molar-refractivity contribution in [3.05, 3.63) is 56.5 Å². The van der Waals surface area contributed by atoms with Gasteiger partial charge in [-0.15, -0.1) is 0 Å². The van der Waals surface area contributed by atoms with Crippen molar-refractivity contribution in [3.63, 3.8) is 0 Å². The number of aromatic hydroxyl groups is 2. The van der Waals surface area contributed by atoms with E-state index in [0.29, 0.717) is 6.42 Å². The molecule has 1 unspecified atom stereocenters. The van der Waals surface area contributed by atoms with Crippen molar-refractivity contribution >= 4 is 22.7 Å². The Kier molecular flexibility index (Phi) is 10.1. The van der Waals surface area contributed by atoms with Crippen LogP contribution in [0.5, 0.6) is 11.5 Å². The quantitative estimate of drug-likeness (QED) is 0.154. The van der Waals surface area contributed by atoms with Gasteiger partial charge in [-0.05, 0) is 52.4 Å². The molecular weight excluding hydrogens is 460 g/mol. The van der Waals surface area contributed by atoms with Crippen LogP contribution in [0.15, 0.2) is 38.6 Å². The first-order chi connectivity index (χ1) is 16.9. The molecule has 2 rings (SSSR count). The highest BCUT2D eigenvalue weighted by Gasteiger charge is 2.29. The Hall–Kier alpha value is -3.35. The standard InChI is InChI=1S/C29H38O7/c1-8-23(35-19(7)30)21-15-24(32)36-29-25(21)27(33)20(13-12-18(6)11-9-10-16(2)3)28(34)26(29)22(31)14-17(4)5/h10,12,15,17,23,33-34H,8-9,11,13-14H2,1-7H3. The molecule has 2 N–H and O–H groups in total. The topological polar surface area (TPSA) is 114 Å². The highest BCUT2D eigenvalue weighted by Crippen LogP contribution is 2.44. The molecule has 1 atom stereocenters. The fraction of sp³-hybridized carbons (Fsp3) is 0.483. The van der Waals surface area contributed by atoms with Gasteiger partial charge in [0.2, 0.25) is 0 Å². The Morgan fingerprint density at radius 3 is 2.31 bits per heavy atom. The molecule has 0 saturated heterocycles. The van der Waals surface area contributed by atoms with Gasteiger partial charge in [0.25, 0.3) is 0 Å². The largest absolute Gasteiger partial charge is 0.507 e. The number of benzene rings is 1. The molecule has 7 heteroatoms. The summed E-state index contributed by atoms with van der Waals surface area (Å²) in [5.74, 6) is -1.67. The molecule has 0 radical (unpaired) electrons. The van der Waals surface area contributed by atoms with Crippen LogP contribution in [0.25, 0.3) is 11.0 Å². The Labute approximate surface area is 212 Å². The zero-order valence-corrected chi connectivity index (χ0v) is 22.4. The van der Waals surface area contributed by atoms with Gasteiger partial charge in [-0.3, -0.25) is 9.59 Å². The molecule has 36 heavy (non-hydrogen) atoms. The van der Waals surface area contributed by atoms with Crippen LogP contribution in [-0.4, -0.2) is 22.0 Å². The average Bonchev–Trinajstić information content (AvgIpc) is 2.75. The molecule has 1 aromatic carbocycles. The number of rotatable bonds is 11. The van der Waals surface area contributed by atoms with Crippen molar-refractivity contribution < 1.29 is 29.0 Å². The van der Waals surface area contributed by atoms with Gasteiger partial charge in [0.05, 0.1) is 5.39 Å². The van der Waals surface area contributed by atoms with E-state index in [0.717, 1.165) is 24.5 Å². The number of hydrogen-bond acceptors (Lipinski definition) is 7. The zero-order valence-electron chi connectivity index (χ0n) is 22.4. The minimum absolute atomic E-state index is 0.0132. The number of ether oxygens (including phenoxy) is 1. The van der Waals surface area contributed by atoms with E-state index < -0.39 is 29.2 Å². The summed E-state index contributed by atoms with van der Waals surface area (Å²) in [4.78, 5) is 37.4. The predicted octanol–water partition coefficient (Wildman–Crippen LogP) is 6.68. The smallest absolute Gasteiger partial charge is 0.336 e. The summed E-state index contributed by atoms with van der Waals surface area (Å²) in [5.41, 5.74) is 1.57.